The van der Waals surface area contributed by atoms with Crippen molar-refractivity contribution in [3.05, 3.63) is 0 Å². The standard InChI is InChI=1S/C18H32N2O3/c1-2-23-18(22)20-13-11-16(12-14-20)19-17(21)10-6-9-15-7-4-3-5-8-15/h15-16H,2-14H2,1H3,(H,19,21). The van der Waals surface area contributed by atoms with Gasteiger partial charge in [-0.15, -0.1) is 0 Å². The lowest BCUT2D eigenvalue weighted by molar-refractivity contribution is -0.122. The third-order valence-corrected chi connectivity index (χ3v) is 5.13. The van der Waals surface area contributed by atoms with E-state index in [-0.39, 0.29) is 18.0 Å². The second kappa shape index (κ2) is 9.78. The van der Waals surface area contributed by atoms with Crippen molar-refractivity contribution in [3.63, 3.8) is 0 Å². The SMILES string of the molecule is CCOC(=O)N1CCC(NC(=O)CCCC2CCCCC2)CC1. The summed E-state index contributed by atoms with van der Waals surface area (Å²) in [4.78, 5) is 25.4. The summed E-state index contributed by atoms with van der Waals surface area (Å²) in [7, 11) is 0. The number of ether oxygens (including phenoxy) is 1. The molecule has 2 amide bonds. The number of piperidine rings is 1. The maximum absolute atomic E-state index is 12.1. The van der Waals surface area contributed by atoms with Crippen molar-refractivity contribution in [2.45, 2.75) is 77.2 Å². The van der Waals surface area contributed by atoms with Crippen LogP contribution in [0.15, 0.2) is 0 Å². The zero-order valence-electron chi connectivity index (χ0n) is 14.5. The van der Waals surface area contributed by atoms with E-state index in [1.54, 1.807) is 4.90 Å². The molecule has 1 saturated heterocycles. The molecule has 1 aliphatic heterocycles. The molecule has 0 spiro atoms. The second-order valence-electron chi connectivity index (χ2n) is 6.92. The number of carbonyl (C=O) groups excluding carboxylic acids is 2. The number of carbonyl (C=O) groups is 2. The van der Waals surface area contributed by atoms with Gasteiger partial charge in [0.05, 0.1) is 6.61 Å². The smallest absolute Gasteiger partial charge is 0.409 e. The van der Waals surface area contributed by atoms with E-state index in [4.69, 9.17) is 4.74 Å². The van der Waals surface area contributed by atoms with Gasteiger partial charge in [-0.1, -0.05) is 32.1 Å². The maximum Gasteiger partial charge on any atom is 0.409 e. The summed E-state index contributed by atoms with van der Waals surface area (Å²) >= 11 is 0. The molecule has 0 bridgehead atoms. The van der Waals surface area contributed by atoms with Gasteiger partial charge in [-0.05, 0) is 38.5 Å². The van der Waals surface area contributed by atoms with Crippen molar-refractivity contribution in [3.8, 4) is 0 Å². The molecule has 1 heterocycles. The molecule has 5 heteroatoms. The zero-order valence-corrected chi connectivity index (χ0v) is 14.5. The Kier molecular flexibility index (Phi) is 7.69. The molecular formula is C18H32N2O3. The molecule has 0 unspecified atom stereocenters. The van der Waals surface area contributed by atoms with Crippen LogP contribution >= 0.6 is 0 Å². The lowest BCUT2D eigenvalue weighted by Crippen LogP contribution is -2.46. The second-order valence-corrected chi connectivity index (χ2v) is 6.92. The number of hydrogen-bond acceptors (Lipinski definition) is 3. The van der Waals surface area contributed by atoms with Gasteiger partial charge >= 0.3 is 6.09 Å². The molecule has 1 N–H and O–H groups in total. The number of rotatable bonds is 6. The predicted molar refractivity (Wildman–Crippen MR) is 90.2 cm³/mol. The number of nitrogens with one attached hydrogen (secondary N) is 1. The summed E-state index contributed by atoms with van der Waals surface area (Å²) in [5, 5.41) is 3.13. The van der Waals surface area contributed by atoms with Crippen LogP contribution < -0.4 is 5.32 Å². The third kappa shape index (κ3) is 6.40. The molecule has 0 aromatic rings. The Balaban J connectivity index is 1.56. The van der Waals surface area contributed by atoms with E-state index in [0.29, 0.717) is 26.1 Å². The Morgan fingerprint density at radius 2 is 1.78 bits per heavy atom. The van der Waals surface area contributed by atoms with E-state index in [0.717, 1.165) is 25.2 Å². The van der Waals surface area contributed by atoms with Crippen LogP contribution in [0.1, 0.15) is 71.1 Å². The first kappa shape index (κ1) is 18.1. The van der Waals surface area contributed by atoms with E-state index >= 15 is 0 Å². The fourth-order valence-electron chi connectivity index (χ4n) is 3.75. The normalized spacial score (nSPS) is 20.3. The van der Waals surface area contributed by atoms with Crippen molar-refractivity contribution in [2.75, 3.05) is 19.7 Å². The van der Waals surface area contributed by atoms with E-state index in [1.165, 1.54) is 38.5 Å². The molecule has 132 valence electrons. The highest BCUT2D eigenvalue weighted by molar-refractivity contribution is 5.76. The minimum absolute atomic E-state index is 0.176. The van der Waals surface area contributed by atoms with E-state index < -0.39 is 0 Å². The number of hydrogen-bond donors (Lipinski definition) is 1. The van der Waals surface area contributed by atoms with Crippen LogP contribution in [0.3, 0.4) is 0 Å². The molecule has 2 fully saturated rings. The average molecular weight is 324 g/mol. The fourth-order valence-corrected chi connectivity index (χ4v) is 3.75. The van der Waals surface area contributed by atoms with Crippen LogP contribution in [0.25, 0.3) is 0 Å². The van der Waals surface area contributed by atoms with Gasteiger partial charge in [0.15, 0.2) is 0 Å². The summed E-state index contributed by atoms with van der Waals surface area (Å²) in [6.45, 7) is 3.58. The van der Waals surface area contributed by atoms with Crippen LogP contribution in [-0.4, -0.2) is 42.6 Å². The Hall–Kier alpha value is -1.26. The van der Waals surface area contributed by atoms with E-state index in [1.807, 2.05) is 6.92 Å². The van der Waals surface area contributed by atoms with Gasteiger partial charge < -0.3 is 15.0 Å². The monoisotopic (exact) mass is 324 g/mol. The molecule has 1 saturated carbocycles. The van der Waals surface area contributed by atoms with E-state index in [9.17, 15) is 9.59 Å². The predicted octanol–water partition coefficient (Wildman–Crippen LogP) is 3.47. The summed E-state index contributed by atoms with van der Waals surface area (Å²) < 4.78 is 5.01. The van der Waals surface area contributed by atoms with Gasteiger partial charge in [-0.3, -0.25) is 4.79 Å². The van der Waals surface area contributed by atoms with Crippen LogP contribution in [0.2, 0.25) is 0 Å². The topological polar surface area (TPSA) is 58.6 Å². The summed E-state index contributed by atoms with van der Waals surface area (Å²) in [5.41, 5.74) is 0. The first-order valence-electron chi connectivity index (χ1n) is 9.40. The molecule has 23 heavy (non-hydrogen) atoms. The molecule has 2 rings (SSSR count). The van der Waals surface area contributed by atoms with E-state index in [2.05, 4.69) is 5.32 Å². The minimum Gasteiger partial charge on any atom is -0.450 e. The Morgan fingerprint density at radius 1 is 1.09 bits per heavy atom. The molecule has 0 aromatic heterocycles. The lowest BCUT2D eigenvalue weighted by atomic mass is 9.86. The number of nitrogens with zero attached hydrogens (tertiary/aromatic N) is 1. The number of likely N-dealkylation sites (tertiary alicyclic amines) is 1. The molecule has 2 aliphatic rings. The van der Waals surface area contributed by atoms with Gasteiger partial charge in [-0.2, -0.15) is 0 Å². The molecule has 5 nitrogen and oxygen atoms in total. The largest absolute Gasteiger partial charge is 0.450 e. The maximum atomic E-state index is 12.1. The van der Waals surface area contributed by atoms with Crippen molar-refractivity contribution in [1.82, 2.24) is 10.2 Å². The minimum atomic E-state index is -0.232. The molecule has 0 radical (unpaired) electrons. The Morgan fingerprint density at radius 3 is 2.43 bits per heavy atom. The van der Waals surface area contributed by atoms with Crippen LogP contribution in [0.5, 0.6) is 0 Å². The number of amides is 2. The van der Waals surface area contributed by atoms with Crippen LogP contribution in [-0.2, 0) is 9.53 Å². The van der Waals surface area contributed by atoms with Crippen molar-refractivity contribution in [2.24, 2.45) is 5.92 Å². The molecule has 1 aliphatic carbocycles. The zero-order chi connectivity index (χ0) is 16.5. The summed E-state index contributed by atoms with van der Waals surface area (Å²) in [6, 6.07) is 0.211. The van der Waals surface area contributed by atoms with Crippen LogP contribution in [0.4, 0.5) is 4.79 Å². The lowest BCUT2D eigenvalue weighted by Gasteiger charge is -2.31. The van der Waals surface area contributed by atoms with Gasteiger partial charge in [0.25, 0.3) is 0 Å². The summed E-state index contributed by atoms with van der Waals surface area (Å²) in [5.74, 6) is 1.03. The van der Waals surface area contributed by atoms with Gasteiger partial charge in [-0.25, -0.2) is 4.79 Å². The van der Waals surface area contributed by atoms with Crippen molar-refractivity contribution < 1.29 is 14.3 Å². The van der Waals surface area contributed by atoms with Gasteiger partial charge in [0.2, 0.25) is 5.91 Å². The van der Waals surface area contributed by atoms with Gasteiger partial charge in [0, 0.05) is 25.6 Å². The first-order valence-corrected chi connectivity index (χ1v) is 9.40. The third-order valence-electron chi connectivity index (χ3n) is 5.13. The molecular weight excluding hydrogens is 292 g/mol. The quantitative estimate of drug-likeness (QED) is 0.814. The Bertz CT molecular complexity index is 372. The average Bonchev–Trinajstić information content (AvgIpc) is 2.57. The van der Waals surface area contributed by atoms with Crippen molar-refractivity contribution >= 4 is 12.0 Å². The van der Waals surface area contributed by atoms with Crippen LogP contribution in [0, 0.1) is 5.92 Å². The highest BCUT2D eigenvalue weighted by Gasteiger charge is 2.24. The van der Waals surface area contributed by atoms with Gasteiger partial charge in [0.1, 0.15) is 0 Å². The highest BCUT2D eigenvalue weighted by Crippen LogP contribution is 2.27. The molecule has 0 aromatic carbocycles. The summed E-state index contributed by atoms with van der Waals surface area (Å²) in [6.07, 6.45) is 11.1. The molecule has 0 atom stereocenters. The van der Waals surface area contributed by atoms with Crippen molar-refractivity contribution in [1.29, 1.82) is 0 Å². The fraction of sp³-hybridized carbons (Fsp3) is 0.889. The Labute approximate surface area is 140 Å². The first-order chi connectivity index (χ1) is 11.2. The highest BCUT2D eigenvalue weighted by atomic mass is 16.6.